The van der Waals surface area contributed by atoms with Crippen LogP contribution in [0.1, 0.15) is 5.82 Å². The number of aliphatic hydroxyl groups is 1. The maximum Gasteiger partial charge on any atom is 0.200 e. The summed E-state index contributed by atoms with van der Waals surface area (Å²) < 4.78 is 15.9. The lowest BCUT2D eigenvalue weighted by molar-refractivity contribution is 0.268. The molecule has 0 atom stereocenters. The van der Waals surface area contributed by atoms with Crippen molar-refractivity contribution in [3.63, 3.8) is 0 Å². The maximum absolute atomic E-state index is 13.6. The lowest BCUT2D eigenvalue weighted by atomic mass is 10.3. The van der Waals surface area contributed by atoms with E-state index in [1.807, 2.05) is 0 Å². The molecule has 0 radical (unpaired) electrons. The van der Waals surface area contributed by atoms with Crippen molar-refractivity contribution in [1.29, 1.82) is 0 Å². The highest BCUT2D eigenvalue weighted by Gasteiger charge is 2.11. The molecule has 16 heavy (non-hydrogen) atoms. The molecule has 2 rings (SSSR count). The number of aliphatic hydroxyl groups excluding tert-OH is 1. The number of benzene rings is 1. The predicted octanol–water partition coefficient (Wildman–Crippen LogP) is 2.32. The number of nitrogens with one attached hydrogen (secondary N) is 1. The summed E-state index contributed by atoms with van der Waals surface area (Å²) in [6.07, 6.45) is 0. The third-order valence-electron chi connectivity index (χ3n) is 2.03. The number of aromatic nitrogens is 3. The highest BCUT2D eigenvalue weighted by Crippen LogP contribution is 2.20. The smallest absolute Gasteiger partial charge is 0.200 e. The molecule has 0 bridgehead atoms. The van der Waals surface area contributed by atoms with Crippen LogP contribution in [-0.4, -0.2) is 19.9 Å². The molecule has 1 aromatic heterocycles. The van der Waals surface area contributed by atoms with E-state index >= 15 is 0 Å². The summed E-state index contributed by atoms with van der Waals surface area (Å²) in [6, 6.07) is 4.47. The Morgan fingerprint density at radius 1 is 1.56 bits per heavy atom. The minimum absolute atomic E-state index is 0.237. The Morgan fingerprint density at radius 2 is 2.31 bits per heavy atom. The average Bonchev–Trinajstić information content (AvgIpc) is 2.63. The molecule has 0 spiro atoms. The summed E-state index contributed by atoms with van der Waals surface area (Å²) in [5.74, 6) is -0.169. The minimum atomic E-state index is -0.435. The van der Waals surface area contributed by atoms with E-state index in [4.69, 9.17) is 17.3 Å². The van der Waals surface area contributed by atoms with Crippen molar-refractivity contribution in [3.05, 3.63) is 39.1 Å². The van der Waals surface area contributed by atoms with Gasteiger partial charge in [0, 0.05) is 4.47 Å². The van der Waals surface area contributed by atoms with Crippen LogP contribution in [0.2, 0.25) is 0 Å². The fourth-order valence-corrected chi connectivity index (χ4v) is 1.94. The van der Waals surface area contributed by atoms with E-state index in [1.165, 1.54) is 10.6 Å². The third-order valence-corrected chi connectivity index (χ3v) is 2.80. The Kier molecular flexibility index (Phi) is 3.17. The monoisotopic (exact) mass is 303 g/mol. The van der Waals surface area contributed by atoms with Gasteiger partial charge >= 0.3 is 0 Å². The van der Waals surface area contributed by atoms with Crippen molar-refractivity contribution < 1.29 is 9.50 Å². The van der Waals surface area contributed by atoms with E-state index in [1.54, 1.807) is 12.1 Å². The fraction of sp³-hybridized carbons (Fsp3) is 0.111. The van der Waals surface area contributed by atoms with Gasteiger partial charge in [-0.05, 0) is 30.4 Å². The first kappa shape index (κ1) is 11.4. The fourth-order valence-electron chi connectivity index (χ4n) is 1.34. The van der Waals surface area contributed by atoms with Gasteiger partial charge in [0.25, 0.3) is 0 Å². The largest absolute Gasteiger partial charge is 0.388 e. The van der Waals surface area contributed by atoms with Gasteiger partial charge in [0.2, 0.25) is 0 Å². The molecular weight excluding hydrogens is 297 g/mol. The number of rotatable bonds is 2. The van der Waals surface area contributed by atoms with Gasteiger partial charge in [-0.25, -0.2) is 4.39 Å². The highest BCUT2D eigenvalue weighted by molar-refractivity contribution is 9.10. The number of aromatic amines is 1. The van der Waals surface area contributed by atoms with E-state index in [9.17, 15) is 4.39 Å². The van der Waals surface area contributed by atoms with E-state index in [2.05, 4.69) is 26.1 Å². The molecule has 0 aliphatic carbocycles. The van der Waals surface area contributed by atoms with Gasteiger partial charge in [-0.15, -0.1) is 0 Å². The van der Waals surface area contributed by atoms with Crippen LogP contribution in [0.3, 0.4) is 0 Å². The summed E-state index contributed by atoms with van der Waals surface area (Å²) >= 11 is 8.22. The molecule has 7 heteroatoms. The topological polar surface area (TPSA) is 53.8 Å². The quantitative estimate of drug-likeness (QED) is 0.837. The zero-order valence-corrected chi connectivity index (χ0v) is 10.3. The van der Waals surface area contributed by atoms with Gasteiger partial charge < -0.3 is 5.11 Å². The molecule has 0 amide bonds. The van der Waals surface area contributed by atoms with E-state index in [0.717, 1.165) is 4.47 Å². The second-order valence-electron chi connectivity index (χ2n) is 3.03. The van der Waals surface area contributed by atoms with Crippen LogP contribution in [0.4, 0.5) is 4.39 Å². The molecule has 0 unspecified atom stereocenters. The molecule has 2 N–H and O–H groups in total. The van der Waals surface area contributed by atoms with Crippen LogP contribution in [0.15, 0.2) is 22.7 Å². The predicted molar refractivity (Wildman–Crippen MR) is 62.3 cm³/mol. The molecule has 2 aromatic rings. The summed E-state index contributed by atoms with van der Waals surface area (Å²) in [4.78, 5) is 0. The highest BCUT2D eigenvalue weighted by atomic mass is 79.9. The van der Waals surface area contributed by atoms with Crippen molar-refractivity contribution >= 4 is 28.1 Å². The molecule has 0 aliphatic heterocycles. The van der Waals surface area contributed by atoms with E-state index in [0.29, 0.717) is 0 Å². The number of halogens is 2. The standard InChI is InChI=1S/C9H7BrFN3OS/c10-5-1-2-6(11)7(3-5)14-8(4-15)12-13-9(14)16/h1-3,15H,4H2,(H,13,16). The first-order valence-electron chi connectivity index (χ1n) is 4.36. The van der Waals surface area contributed by atoms with Crippen molar-refractivity contribution in [3.8, 4) is 5.69 Å². The second-order valence-corrected chi connectivity index (χ2v) is 4.34. The molecule has 1 aromatic carbocycles. The number of hydrogen-bond donors (Lipinski definition) is 2. The molecule has 0 fully saturated rings. The van der Waals surface area contributed by atoms with Crippen LogP contribution in [0.25, 0.3) is 5.69 Å². The number of H-pyrrole nitrogens is 1. The van der Waals surface area contributed by atoms with Gasteiger partial charge in [-0.1, -0.05) is 15.9 Å². The normalized spacial score (nSPS) is 10.7. The van der Waals surface area contributed by atoms with Crippen LogP contribution >= 0.6 is 28.1 Å². The Bertz CT molecular complexity index is 580. The molecule has 4 nitrogen and oxygen atoms in total. The summed E-state index contributed by atoms with van der Waals surface area (Å²) in [7, 11) is 0. The Balaban J connectivity index is 2.71. The minimum Gasteiger partial charge on any atom is -0.388 e. The maximum atomic E-state index is 13.6. The molecule has 1 heterocycles. The van der Waals surface area contributed by atoms with Gasteiger partial charge in [0.15, 0.2) is 10.6 Å². The average molecular weight is 304 g/mol. The number of nitrogens with zero attached hydrogens (tertiary/aromatic N) is 2. The van der Waals surface area contributed by atoms with Gasteiger partial charge in [-0.2, -0.15) is 5.10 Å². The van der Waals surface area contributed by atoms with Crippen LogP contribution in [0, 0.1) is 10.6 Å². The zero-order chi connectivity index (χ0) is 11.7. The van der Waals surface area contributed by atoms with Crippen LogP contribution in [0.5, 0.6) is 0 Å². The van der Waals surface area contributed by atoms with Crippen LogP contribution in [-0.2, 0) is 6.61 Å². The van der Waals surface area contributed by atoms with Gasteiger partial charge in [0.1, 0.15) is 12.4 Å². The lowest BCUT2D eigenvalue weighted by Gasteiger charge is -2.06. The van der Waals surface area contributed by atoms with Crippen molar-refractivity contribution in [1.82, 2.24) is 14.8 Å². The van der Waals surface area contributed by atoms with Crippen molar-refractivity contribution in [2.75, 3.05) is 0 Å². The summed E-state index contributed by atoms with van der Waals surface area (Å²) in [6.45, 7) is -0.320. The Labute approximate surface area is 104 Å². The third kappa shape index (κ3) is 1.93. The second kappa shape index (κ2) is 4.44. The lowest BCUT2D eigenvalue weighted by Crippen LogP contribution is -2.03. The van der Waals surface area contributed by atoms with Gasteiger partial charge in [-0.3, -0.25) is 9.67 Å². The van der Waals surface area contributed by atoms with Crippen LogP contribution < -0.4 is 0 Å². The molecule has 84 valence electrons. The zero-order valence-electron chi connectivity index (χ0n) is 7.94. The Morgan fingerprint density at radius 3 is 3.00 bits per heavy atom. The molecule has 0 saturated carbocycles. The first-order chi connectivity index (χ1) is 7.63. The SMILES string of the molecule is OCc1n[nH]c(=S)n1-c1cc(Br)ccc1F. The first-order valence-corrected chi connectivity index (χ1v) is 5.56. The van der Waals surface area contributed by atoms with Crippen molar-refractivity contribution in [2.45, 2.75) is 6.61 Å². The summed E-state index contributed by atoms with van der Waals surface area (Å²) in [5, 5.41) is 15.4. The van der Waals surface area contributed by atoms with E-state index in [-0.39, 0.29) is 22.9 Å². The number of hydrogen-bond acceptors (Lipinski definition) is 3. The molecule has 0 saturated heterocycles. The molecular formula is C9H7BrFN3OS. The summed E-state index contributed by atoms with van der Waals surface area (Å²) in [5.41, 5.74) is 0.247. The van der Waals surface area contributed by atoms with Gasteiger partial charge in [0.05, 0.1) is 5.69 Å². The molecule has 0 aliphatic rings. The Hall–Kier alpha value is -1.05. The van der Waals surface area contributed by atoms with Crippen molar-refractivity contribution in [2.24, 2.45) is 0 Å². The van der Waals surface area contributed by atoms with E-state index < -0.39 is 5.82 Å².